The summed E-state index contributed by atoms with van der Waals surface area (Å²) in [6, 6.07) is 14.3. The van der Waals surface area contributed by atoms with Crippen LogP contribution >= 0.6 is 11.6 Å². The van der Waals surface area contributed by atoms with E-state index in [0.717, 1.165) is 16.8 Å². The Hall–Kier alpha value is -3.84. The van der Waals surface area contributed by atoms with Gasteiger partial charge >= 0.3 is 0 Å². The van der Waals surface area contributed by atoms with Crippen LogP contribution < -0.4 is 5.43 Å². The minimum absolute atomic E-state index is 0.201. The maximum atomic E-state index is 12.6. The molecule has 0 radical (unpaired) electrons. The smallest absolute Gasteiger partial charge is 0.209 e. The van der Waals surface area contributed by atoms with Gasteiger partial charge < -0.3 is 0 Å². The number of halogens is 1. The molecule has 0 aliphatic heterocycles. The van der Waals surface area contributed by atoms with E-state index < -0.39 is 0 Å². The van der Waals surface area contributed by atoms with Crippen LogP contribution in [0.5, 0.6) is 0 Å². The fourth-order valence-corrected chi connectivity index (χ4v) is 3.43. The highest BCUT2D eigenvalue weighted by molar-refractivity contribution is 6.35. The van der Waals surface area contributed by atoms with E-state index in [1.54, 1.807) is 52.5 Å². The Balaban J connectivity index is 1.72. The van der Waals surface area contributed by atoms with Gasteiger partial charge in [-0.1, -0.05) is 23.7 Å². The molecule has 0 aliphatic rings. The van der Waals surface area contributed by atoms with Crippen molar-refractivity contribution in [2.24, 2.45) is 0 Å². The van der Waals surface area contributed by atoms with Crippen molar-refractivity contribution in [2.75, 3.05) is 0 Å². The lowest BCUT2D eigenvalue weighted by atomic mass is 10.2. The molecule has 8 heteroatoms. The van der Waals surface area contributed by atoms with Crippen molar-refractivity contribution < 1.29 is 0 Å². The van der Waals surface area contributed by atoms with E-state index in [2.05, 4.69) is 20.2 Å². The van der Waals surface area contributed by atoms with Crippen LogP contribution in [0.1, 0.15) is 0 Å². The molecule has 0 amide bonds. The van der Waals surface area contributed by atoms with Crippen molar-refractivity contribution in [3.63, 3.8) is 0 Å². The largest absolute Gasteiger partial charge is 0.287 e. The summed E-state index contributed by atoms with van der Waals surface area (Å²) in [5, 5.41) is 10.4. The standard InChI is InChI=1S/C21H13ClN6O/c22-16-3-1-2-15-17(6-11-24-20(15)16)28-18(7-12-25-28)21-19(29)8-13-27(26-21)14-4-9-23-10-5-14/h1-13H. The van der Waals surface area contributed by atoms with Crippen LogP contribution in [0.3, 0.4) is 0 Å². The fraction of sp³-hybridized carbons (Fsp3) is 0. The normalized spacial score (nSPS) is 11.1. The summed E-state index contributed by atoms with van der Waals surface area (Å²) in [5.41, 5.74) is 2.89. The summed E-state index contributed by atoms with van der Waals surface area (Å²) in [5.74, 6) is 0. The zero-order valence-electron chi connectivity index (χ0n) is 15.0. The Kier molecular flexibility index (Phi) is 4.14. The number of nitrogens with zero attached hydrogens (tertiary/aromatic N) is 6. The highest BCUT2D eigenvalue weighted by atomic mass is 35.5. The molecule has 0 aliphatic carbocycles. The topological polar surface area (TPSA) is 78.5 Å². The molecule has 7 nitrogen and oxygen atoms in total. The van der Waals surface area contributed by atoms with Gasteiger partial charge in [-0.3, -0.25) is 14.8 Å². The van der Waals surface area contributed by atoms with Crippen LogP contribution in [0.4, 0.5) is 0 Å². The summed E-state index contributed by atoms with van der Waals surface area (Å²) < 4.78 is 3.32. The lowest BCUT2D eigenvalue weighted by Crippen LogP contribution is -2.15. The first-order valence-electron chi connectivity index (χ1n) is 8.81. The lowest BCUT2D eigenvalue weighted by molar-refractivity contribution is 0.822. The first-order valence-corrected chi connectivity index (χ1v) is 9.18. The van der Waals surface area contributed by atoms with Gasteiger partial charge in [0.25, 0.3) is 0 Å². The van der Waals surface area contributed by atoms with Gasteiger partial charge in [0.2, 0.25) is 5.43 Å². The average Bonchev–Trinajstić information content (AvgIpc) is 3.24. The first kappa shape index (κ1) is 17.3. The third kappa shape index (κ3) is 2.97. The SMILES string of the molecule is O=c1ccn(-c2ccncc2)nc1-c1ccnn1-c1ccnc2c(Cl)cccc12. The maximum Gasteiger partial charge on any atom is 0.209 e. The van der Waals surface area contributed by atoms with Crippen molar-refractivity contribution in [1.29, 1.82) is 0 Å². The van der Waals surface area contributed by atoms with Crippen LogP contribution in [-0.4, -0.2) is 29.5 Å². The van der Waals surface area contributed by atoms with Gasteiger partial charge in [-0.2, -0.15) is 10.2 Å². The second-order valence-corrected chi connectivity index (χ2v) is 6.68. The van der Waals surface area contributed by atoms with Gasteiger partial charge in [-0.25, -0.2) is 9.36 Å². The van der Waals surface area contributed by atoms with Gasteiger partial charge in [0, 0.05) is 36.2 Å². The number of hydrogen-bond donors (Lipinski definition) is 0. The van der Waals surface area contributed by atoms with E-state index in [0.29, 0.717) is 16.2 Å². The van der Waals surface area contributed by atoms with E-state index in [1.807, 2.05) is 30.3 Å². The van der Waals surface area contributed by atoms with Crippen molar-refractivity contribution in [3.8, 4) is 22.8 Å². The molecule has 4 aromatic heterocycles. The highest BCUT2D eigenvalue weighted by Crippen LogP contribution is 2.28. The monoisotopic (exact) mass is 400 g/mol. The molecule has 0 bridgehead atoms. The molecule has 5 aromatic rings. The molecular formula is C21H13ClN6O. The van der Waals surface area contributed by atoms with Gasteiger partial charge in [0.1, 0.15) is 0 Å². The Labute approximate surface area is 169 Å². The number of para-hydroxylation sites is 1. The number of benzene rings is 1. The average molecular weight is 401 g/mol. The van der Waals surface area contributed by atoms with Crippen LogP contribution in [0.15, 0.2) is 84.3 Å². The third-order valence-corrected chi connectivity index (χ3v) is 4.85. The molecule has 0 saturated carbocycles. The van der Waals surface area contributed by atoms with E-state index in [-0.39, 0.29) is 11.1 Å². The second kappa shape index (κ2) is 6.96. The summed E-state index contributed by atoms with van der Waals surface area (Å²) in [6.07, 6.45) is 8.28. The van der Waals surface area contributed by atoms with Crippen LogP contribution in [0, 0.1) is 0 Å². The molecule has 29 heavy (non-hydrogen) atoms. The Morgan fingerprint density at radius 2 is 1.76 bits per heavy atom. The Bertz CT molecular complexity index is 1390. The summed E-state index contributed by atoms with van der Waals surface area (Å²) >= 11 is 6.30. The molecule has 0 spiro atoms. The molecular weight excluding hydrogens is 388 g/mol. The highest BCUT2D eigenvalue weighted by Gasteiger charge is 2.16. The first-order chi connectivity index (χ1) is 14.2. The number of pyridine rings is 2. The molecule has 0 fully saturated rings. The van der Waals surface area contributed by atoms with E-state index in [9.17, 15) is 4.79 Å². The van der Waals surface area contributed by atoms with Crippen LogP contribution in [0.2, 0.25) is 5.02 Å². The molecule has 0 unspecified atom stereocenters. The zero-order valence-corrected chi connectivity index (χ0v) is 15.7. The van der Waals surface area contributed by atoms with E-state index in [4.69, 9.17) is 11.6 Å². The predicted molar refractivity (Wildman–Crippen MR) is 110 cm³/mol. The molecule has 1 aromatic carbocycles. The molecule has 140 valence electrons. The predicted octanol–water partition coefficient (Wildman–Crippen LogP) is 3.68. The van der Waals surface area contributed by atoms with Gasteiger partial charge in [0.05, 0.1) is 33.8 Å². The van der Waals surface area contributed by atoms with Crippen LogP contribution in [-0.2, 0) is 0 Å². The molecule has 5 rings (SSSR count). The van der Waals surface area contributed by atoms with E-state index in [1.165, 1.54) is 6.07 Å². The molecule has 0 atom stereocenters. The minimum Gasteiger partial charge on any atom is -0.287 e. The van der Waals surface area contributed by atoms with Gasteiger partial charge in [-0.05, 0) is 30.3 Å². The fourth-order valence-electron chi connectivity index (χ4n) is 3.21. The minimum atomic E-state index is -0.201. The van der Waals surface area contributed by atoms with E-state index >= 15 is 0 Å². The van der Waals surface area contributed by atoms with Crippen molar-refractivity contribution in [2.45, 2.75) is 0 Å². The molecule has 0 saturated heterocycles. The lowest BCUT2D eigenvalue weighted by Gasteiger charge is -2.11. The van der Waals surface area contributed by atoms with Crippen molar-refractivity contribution >= 4 is 22.5 Å². The Morgan fingerprint density at radius 1 is 0.897 bits per heavy atom. The number of hydrogen-bond acceptors (Lipinski definition) is 5. The second-order valence-electron chi connectivity index (χ2n) is 6.27. The summed E-state index contributed by atoms with van der Waals surface area (Å²) in [6.45, 7) is 0. The van der Waals surface area contributed by atoms with Crippen molar-refractivity contribution in [3.05, 3.63) is 94.8 Å². The maximum absolute atomic E-state index is 12.6. The van der Waals surface area contributed by atoms with Crippen molar-refractivity contribution in [1.82, 2.24) is 29.5 Å². The third-order valence-electron chi connectivity index (χ3n) is 4.55. The zero-order chi connectivity index (χ0) is 19.8. The number of aromatic nitrogens is 6. The number of fused-ring (bicyclic) bond motifs is 1. The van der Waals surface area contributed by atoms with Gasteiger partial charge in [0.15, 0.2) is 5.69 Å². The Morgan fingerprint density at radius 3 is 2.62 bits per heavy atom. The number of rotatable bonds is 3. The van der Waals surface area contributed by atoms with Gasteiger partial charge in [-0.15, -0.1) is 0 Å². The van der Waals surface area contributed by atoms with Crippen LogP contribution in [0.25, 0.3) is 33.7 Å². The molecule has 4 heterocycles. The summed E-state index contributed by atoms with van der Waals surface area (Å²) in [7, 11) is 0. The quantitative estimate of drug-likeness (QED) is 0.461. The summed E-state index contributed by atoms with van der Waals surface area (Å²) in [4.78, 5) is 21.0. The molecule has 0 N–H and O–H groups in total.